The van der Waals surface area contributed by atoms with Crippen LogP contribution in [0.1, 0.15) is 18.9 Å². The largest absolute Gasteiger partial charge is 0.497 e. The van der Waals surface area contributed by atoms with Crippen LogP contribution in [0.3, 0.4) is 0 Å². The van der Waals surface area contributed by atoms with E-state index < -0.39 is 5.91 Å². The monoisotopic (exact) mass is 414 g/mol. The summed E-state index contributed by atoms with van der Waals surface area (Å²) in [4.78, 5) is 12.0. The number of hydrogen-bond acceptors (Lipinski definition) is 4. The Kier molecular flexibility index (Phi) is 7.57. The molecule has 8 heteroatoms. The number of carbonyl (C=O) groups excluding carboxylic acids is 1. The Morgan fingerprint density at radius 3 is 2.35 bits per heavy atom. The molecule has 0 atom stereocenters. The van der Waals surface area contributed by atoms with Gasteiger partial charge in [0, 0.05) is 6.07 Å². The van der Waals surface area contributed by atoms with Crippen molar-refractivity contribution in [2.45, 2.75) is 13.3 Å². The number of benzene rings is 2. The number of nitrogens with zero attached hydrogens (tertiary/aromatic N) is 1. The summed E-state index contributed by atoms with van der Waals surface area (Å²) in [6.45, 7) is 1.68. The molecule has 0 aliphatic carbocycles. The molecule has 2 aromatic carbocycles. The molecule has 0 aliphatic heterocycles. The third-order valence-corrected chi connectivity index (χ3v) is 4.42. The van der Waals surface area contributed by atoms with Gasteiger partial charge < -0.3 is 9.47 Å². The van der Waals surface area contributed by atoms with Crippen molar-refractivity contribution >= 4 is 46.4 Å². The molecule has 0 unspecified atom stereocenters. The predicted octanol–water partition coefficient (Wildman–Crippen LogP) is 4.96. The van der Waals surface area contributed by atoms with Crippen LogP contribution in [0.15, 0.2) is 41.5 Å². The molecule has 2 rings (SSSR count). The average molecular weight is 416 g/mol. The lowest BCUT2D eigenvalue weighted by Crippen LogP contribution is -2.26. The summed E-state index contributed by atoms with van der Waals surface area (Å²) in [5.41, 5.74) is 4.09. The maximum atomic E-state index is 12.0. The molecule has 0 radical (unpaired) electrons. The van der Waals surface area contributed by atoms with Crippen molar-refractivity contribution in [3.63, 3.8) is 0 Å². The minimum absolute atomic E-state index is 0.263. The van der Waals surface area contributed by atoms with Crippen LogP contribution in [0.4, 0.5) is 0 Å². The van der Waals surface area contributed by atoms with Gasteiger partial charge in [0.2, 0.25) is 0 Å². The average Bonchev–Trinajstić information content (AvgIpc) is 2.64. The van der Waals surface area contributed by atoms with E-state index in [1.807, 2.05) is 31.2 Å². The number of ether oxygens (including phenoxy) is 2. The van der Waals surface area contributed by atoms with Gasteiger partial charge in [-0.25, -0.2) is 5.43 Å². The highest BCUT2D eigenvalue weighted by Gasteiger charge is 2.10. The molecule has 0 saturated heterocycles. The van der Waals surface area contributed by atoms with Gasteiger partial charge in [0.25, 0.3) is 5.91 Å². The molecular weight excluding hydrogens is 399 g/mol. The van der Waals surface area contributed by atoms with E-state index in [1.54, 1.807) is 7.11 Å². The Labute approximate surface area is 166 Å². The van der Waals surface area contributed by atoms with Gasteiger partial charge in [0.05, 0.1) is 27.9 Å². The first-order valence-corrected chi connectivity index (χ1v) is 8.85. The number of hydrogen-bond donors (Lipinski definition) is 1. The van der Waals surface area contributed by atoms with Crippen molar-refractivity contribution in [3.8, 4) is 11.5 Å². The minimum Gasteiger partial charge on any atom is -0.497 e. The van der Waals surface area contributed by atoms with Crippen molar-refractivity contribution in [1.82, 2.24) is 5.43 Å². The second kappa shape index (κ2) is 9.67. The zero-order chi connectivity index (χ0) is 19.1. The van der Waals surface area contributed by atoms with Gasteiger partial charge >= 0.3 is 0 Å². The topological polar surface area (TPSA) is 59.9 Å². The summed E-state index contributed by atoms with van der Waals surface area (Å²) < 4.78 is 10.5. The molecule has 1 N–H and O–H groups in total. The Bertz CT molecular complexity index is 808. The fourth-order valence-corrected chi connectivity index (χ4v) is 2.64. The summed E-state index contributed by atoms with van der Waals surface area (Å²) in [5.74, 6) is 0.595. The molecule has 2 aromatic rings. The van der Waals surface area contributed by atoms with Crippen LogP contribution >= 0.6 is 34.8 Å². The van der Waals surface area contributed by atoms with Gasteiger partial charge in [-0.1, -0.05) is 41.7 Å². The zero-order valence-electron chi connectivity index (χ0n) is 14.2. The molecule has 5 nitrogen and oxygen atoms in total. The Balaban J connectivity index is 1.97. The van der Waals surface area contributed by atoms with Crippen molar-refractivity contribution < 1.29 is 14.3 Å². The zero-order valence-corrected chi connectivity index (χ0v) is 16.5. The van der Waals surface area contributed by atoms with Gasteiger partial charge in [0.15, 0.2) is 6.61 Å². The second-order valence-corrected chi connectivity index (χ2v) is 6.38. The highest BCUT2D eigenvalue weighted by Crippen LogP contribution is 2.33. The van der Waals surface area contributed by atoms with Crippen LogP contribution in [-0.4, -0.2) is 25.3 Å². The number of nitrogens with one attached hydrogen (secondary N) is 1. The molecule has 26 heavy (non-hydrogen) atoms. The number of carbonyl (C=O) groups is 1. The lowest BCUT2D eigenvalue weighted by molar-refractivity contribution is -0.123. The van der Waals surface area contributed by atoms with Crippen LogP contribution in [0.5, 0.6) is 11.5 Å². The number of methoxy groups -OCH3 is 1. The molecule has 0 aromatic heterocycles. The van der Waals surface area contributed by atoms with Crippen molar-refractivity contribution in [1.29, 1.82) is 0 Å². The van der Waals surface area contributed by atoms with E-state index in [4.69, 9.17) is 44.3 Å². The third-order valence-electron chi connectivity index (χ3n) is 3.41. The fourth-order valence-electron chi connectivity index (χ4n) is 2.05. The summed E-state index contributed by atoms with van der Waals surface area (Å²) >= 11 is 17.8. The van der Waals surface area contributed by atoms with Gasteiger partial charge in [-0.2, -0.15) is 5.10 Å². The summed E-state index contributed by atoms with van der Waals surface area (Å²) in [6.07, 6.45) is 0.645. The molecule has 1 amide bonds. The number of halogens is 3. The Morgan fingerprint density at radius 1 is 1.08 bits per heavy atom. The fraction of sp³-hybridized carbons (Fsp3) is 0.222. The molecule has 0 spiro atoms. The first kappa shape index (κ1) is 20.4. The van der Waals surface area contributed by atoms with Gasteiger partial charge in [0.1, 0.15) is 11.5 Å². The Hall–Kier alpha value is -1.95. The van der Waals surface area contributed by atoms with Crippen LogP contribution < -0.4 is 14.9 Å². The molecule has 0 bridgehead atoms. The van der Waals surface area contributed by atoms with Crippen LogP contribution in [0.25, 0.3) is 0 Å². The smallest absolute Gasteiger partial charge is 0.277 e. The molecule has 0 heterocycles. The second-order valence-electron chi connectivity index (χ2n) is 5.16. The van der Waals surface area contributed by atoms with Crippen molar-refractivity contribution in [2.24, 2.45) is 5.10 Å². The molecule has 0 aliphatic rings. The van der Waals surface area contributed by atoms with E-state index in [9.17, 15) is 4.79 Å². The standard InChI is InChI=1S/C18H17Cl3N2O3/c1-3-16(11-4-6-12(25-2)7-5-11)22-23-18(24)10-26-17-9-14(20)13(19)8-15(17)21/h4-9H,3,10H2,1-2H3,(H,23,24)/b22-16-. The maximum Gasteiger partial charge on any atom is 0.277 e. The van der Waals surface area contributed by atoms with E-state index in [-0.39, 0.29) is 22.4 Å². The van der Waals surface area contributed by atoms with E-state index in [0.717, 1.165) is 17.0 Å². The van der Waals surface area contributed by atoms with E-state index in [1.165, 1.54) is 12.1 Å². The van der Waals surface area contributed by atoms with Gasteiger partial charge in [-0.15, -0.1) is 0 Å². The van der Waals surface area contributed by atoms with E-state index in [2.05, 4.69) is 10.5 Å². The Morgan fingerprint density at radius 2 is 1.73 bits per heavy atom. The summed E-state index contributed by atoms with van der Waals surface area (Å²) in [6, 6.07) is 10.3. The van der Waals surface area contributed by atoms with Crippen molar-refractivity contribution in [3.05, 3.63) is 57.0 Å². The summed E-state index contributed by atoms with van der Waals surface area (Å²) in [7, 11) is 1.60. The van der Waals surface area contributed by atoms with Crippen LogP contribution in [-0.2, 0) is 4.79 Å². The van der Waals surface area contributed by atoms with Gasteiger partial charge in [-0.05, 0) is 42.3 Å². The van der Waals surface area contributed by atoms with Crippen LogP contribution in [0, 0.1) is 0 Å². The highest BCUT2D eigenvalue weighted by atomic mass is 35.5. The van der Waals surface area contributed by atoms with Gasteiger partial charge in [-0.3, -0.25) is 4.79 Å². The number of hydrazone groups is 1. The number of amides is 1. The third kappa shape index (κ3) is 5.53. The number of rotatable bonds is 7. The SMILES string of the molecule is CC/C(=N/NC(=O)COc1cc(Cl)c(Cl)cc1Cl)c1ccc(OC)cc1. The molecule has 0 saturated carbocycles. The lowest BCUT2D eigenvalue weighted by Gasteiger charge is -2.09. The summed E-state index contributed by atoms with van der Waals surface area (Å²) in [5, 5.41) is 5.02. The first-order chi connectivity index (χ1) is 12.4. The lowest BCUT2D eigenvalue weighted by atomic mass is 10.1. The maximum absolute atomic E-state index is 12.0. The predicted molar refractivity (Wildman–Crippen MR) is 105 cm³/mol. The molecule has 0 fully saturated rings. The molecular formula is C18H17Cl3N2O3. The highest BCUT2D eigenvalue weighted by molar-refractivity contribution is 6.43. The normalized spacial score (nSPS) is 11.2. The molecule has 138 valence electrons. The van der Waals surface area contributed by atoms with E-state index in [0.29, 0.717) is 11.4 Å². The van der Waals surface area contributed by atoms with E-state index >= 15 is 0 Å². The minimum atomic E-state index is -0.424. The van der Waals surface area contributed by atoms with Crippen molar-refractivity contribution in [2.75, 3.05) is 13.7 Å². The van der Waals surface area contributed by atoms with Crippen LogP contribution in [0.2, 0.25) is 15.1 Å². The first-order valence-electron chi connectivity index (χ1n) is 7.71. The quantitative estimate of drug-likeness (QED) is 0.395.